The normalized spacial score (nSPS) is 22.6. The van der Waals surface area contributed by atoms with Crippen molar-refractivity contribution in [3.8, 4) is 0 Å². The third kappa shape index (κ3) is 5.10. The highest BCUT2D eigenvalue weighted by Crippen LogP contribution is 2.31. The highest BCUT2D eigenvalue weighted by molar-refractivity contribution is 5.82. The molecule has 1 saturated carbocycles. The molecule has 138 valence electrons. The number of nitrogens with zero attached hydrogens (tertiary/aromatic N) is 2. The first-order valence-electron chi connectivity index (χ1n) is 9.12. The fraction of sp³-hybridized carbons (Fsp3) is 0.889. The molecule has 1 aliphatic heterocycles. The van der Waals surface area contributed by atoms with Gasteiger partial charge in [0.1, 0.15) is 5.60 Å². The van der Waals surface area contributed by atoms with Gasteiger partial charge in [0.05, 0.1) is 6.04 Å². The minimum absolute atomic E-state index is 0.0303. The molecule has 6 nitrogen and oxygen atoms in total. The Morgan fingerprint density at radius 1 is 1.25 bits per heavy atom. The average molecular weight is 339 g/mol. The topological polar surface area (TPSA) is 75.9 Å². The highest BCUT2D eigenvalue weighted by Gasteiger charge is 2.38. The molecule has 2 fully saturated rings. The quantitative estimate of drug-likeness (QED) is 0.833. The number of carbonyl (C=O) groups excluding carboxylic acids is 2. The fourth-order valence-corrected chi connectivity index (χ4v) is 3.04. The van der Waals surface area contributed by atoms with Gasteiger partial charge in [-0.15, -0.1) is 0 Å². The van der Waals surface area contributed by atoms with Gasteiger partial charge in [0.25, 0.3) is 0 Å². The van der Waals surface area contributed by atoms with Gasteiger partial charge in [0.2, 0.25) is 5.91 Å². The van der Waals surface area contributed by atoms with Crippen LogP contribution in [0.25, 0.3) is 0 Å². The molecule has 0 radical (unpaired) electrons. The second-order valence-corrected chi connectivity index (χ2v) is 8.57. The molecule has 1 unspecified atom stereocenters. The molecule has 0 aromatic carbocycles. The van der Waals surface area contributed by atoms with E-state index in [2.05, 4.69) is 0 Å². The van der Waals surface area contributed by atoms with Crippen LogP contribution in [0.3, 0.4) is 0 Å². The minimum atomic E-state index is -0.480. The predicted molar refractivity (Wildman–Crippen MR) is 93.5 cm³/mol. The summed E-state index contributed by atoms with van der Waals surface area (Å²) in [6, 6.07) is -0.128. The number of hydrogen-bond acceptors (Lipinski definition) is 4. The number of likely N-dealkylation sites (tertiary alicyclic amines) is 1. The number of carbonyl (C=O) groups is 2. The molecule has 1 aliphatic carbocycles. The summed E-state index contributed by atoms with van der Waals surface area (Å²) in [6.07, 6.45) is 2.79. The zero-order valence-electron chi connectivity index (χ0n) is 15.7. The predicted octanol–water partition coefficient (Wildman–Crippen LogP) is 2.22. The van der Waals surface area contributed by atoms with Crippen LogP contribution < -0.4 is 5.73 Å². The van der Waals surface area contributed by atoms with Gasteiger partial charge in [-0.1, -0.05) is 13.8 Å². The molecule has 24 heavy (non-hydrogen) atoms. The molecule has 0 spiro atoms. The molecule has 2 aliphatic rings. The Hall–Kier alpha value is -1.30. The third-order valence-electron chi connectivity index (χ3n) is 4.67. The molecule has 1 saturated heterocycles. The summed E-state index contributed by atoms with van der Waals surface area (Å²) in [5.74, 6) is 0.477. The standard InChI is InChI=1S/C18H33N3O3/c1-12(2)15(19)16(22)20-9-8-13(10-20)11-21(14-6-7-14)17(23)24-18(3,4)5/h12-15H,6-11,19H2,1-5H3/t13?,15-/m0/s1. The smallest absolute Gasteiger partial charge is 0.410 e. The van der Waals surface area contributed by atoms with Crippen LogP contribution in [0, 0.1) is 11.8 Å². The van der Waals surface area contributed by atoms with Gasteiger partial charge >= 0.3 is 6.09 Å². The summed E-state index contributed by atoms with van der Waals surface area (Å²) in [5, 5.41) is 0. The van der Waals surface area contributed by atoms with Gasteiger partial charge < -0.3 is 20.3 Å². The lowest BCUT2D eigenvalue weighted by Crippen LogP contribution is -2.46. The molecule has 0 aromatic heterocycles. The second kappa shape index (κ2) is 7.30. The first kappa shape index (κ1) is 19.0. The van der Waals surface area contributed by atoms with E-state index in [0.717, 1.165) is 25.8 Å². The van der Waals surface area contributed by atoms with E-state index in [1.54, 1.807) is 0 Å². The van der Waals surface area contributed by atoms with Crippen LogP contribution in [0.15, 0.2) is 0 Å². The second-order valence-electron chi connectivity index (χ2n) is 8.57. The molecule has 2 amide bonds. The van der Waals surface area contributed by atoms with E-state index in [1.165, 1.54) is 0 Å². The van der Waals surface area contributed by atoms with Crippen LogP contribution in [0.5, 0.6) is 0 Å². The van der Waals surface area contributed by atoms with Crippen molar-refractivity contribution in [3.63, 3.8) is 0 Å². The molecular formula is C18H33N3O3. The van der Waals surface area contributed by atoms with Crippen LogP contribution in [0.2, 0.25) is 0 Å². The lowest BCUT2D eigenvalue weighted by molar-refractivity contribution is -0.132. The maximum Gasteiger partial charge on any atom is 0.410 e. The van der Waals surface area contributed by atoms with Crippen LogP contribution >= 0.6 is 0 Å². The van der Waals surface area contributed by atoms with E-state index in [4.69, 9.17) is 10.5 Å². The van der Waals surface area contributed by atoms with E-state index in [-0.39, 0.29) is 17.9 Å². The third-order valence-corrected chi connectivity index (χ3v) is 4.67. The van der Waals surface area contributed by atoms with Crippen LogP contribution in [0.1, 0.15) is 53.9 Å². The number of nitrogens with two attached hydrogens (primary N) is 1. The van der Waals surface area contributed by atoms with E-state index < -0.39 is 11.6 Å². The molecule has 6 heteroatoms. The summed E-state index contributed by atoms with van der Waals surface area (Å²) in [5.41, 5.74) is 5.51. The van der Waals surface area contributed by atoms with Crippen molar-refractivity contribution in [2.24, 2.45) is 17.6 Å². The zero-order valence-corrected chi connectivity index (χ0v) is 15.7. The Balaban J connectivity index is 1.90. The zero-order chi connectivity index (χ0) is 18.1. The Morgan fingerprint density at radius 3 is 2.38 bits per heavy atom. The number of hydrogen-bond donors (Lipinski definition) is 1. The maximum absolute atomic E-state index is 12.4. The van der Waals surface area contributed by atoms with Gasteiger partial charge in [-0.2, -0.15) is 0 Å². The van der Waals surface area contributed by atoms with Crippen molar-refractivity contribution in [2.75, 3.05) is 19.6 Å². The molecule has 1 heterocycles. The molecular weight excluding hydrogens is 306 g/mol. The van der Waals surface area contributed by atoms with Crippen LogP contribution in [-0.4, -0.2) is 59.1 Å². The van der Waals surface area contributed by atoms with Crippen molar-refractivity contribution >= 4 is 12.0 Å². The van der Waals surface area contributed by atoms with Crippen LogP contribution in [-0.2, 0) is 9.53 Å². The Kier molecular flexibility index (Phi) is 5.78. The SMILES string of the molecule is CC(C)[C@H](N)C(=O)N1CCC(CN(C(=O)OC(C)(C)C)C2CC2)C1. The largest absolute Gasteiger partial charge is 0.444 e. The first-order valence-corrected chi connectivity index (χ1v) is 9.12. The average Bonchev–Trinajstić information content (AvgIpc) is 3.19. The Morgan fingerprint density at radius 2 is 1.88 bits per heavy atom. The van der Waals surface area contributed by atoms with Gasteiger partial charge in [-0.3, -0.25) is 4.79 Å². The highest BCUT2D eigenvalue weighted by atomic mass is 16.6. The van der Waals surface area contributed by atoms with Gasteiger partial charge in [-0.05, 0) is 51.9 Å². The summed E-state index contributed by atoms with van der Waals surface area (Å²) in [6.45, 7) is 11.7. The first-order chi connectivity index (χ1) is 11.1. The van der Waals surface area contributed by atoms with E-state index in [9.17, 15) is 9.59 Å². The molecule has 2 N–H and O–H groups in total. The summed E-state index contributed by atoms with van der Waals surface area (Å²) < 4.78 is 5.54. The van der Waals surface area contributed by atoms with Gasteiger partial charge in [-0.25, -0.2) is 4.79 Å². The van der Waals surface area contributed by atoms with E-state index in [0.29, 0.717) is 25.0 Å². The number of ether oxygens (including phenoxy) is 1. The maximum atomic E-state index is 12.4. The van der Waals surface area contributed by atoms with E-state index >= 15 is 0 Å². The van der Waals surface area contributed by atoms with Crippen molar-refractivity contribution in [3.05, 3.63) is 0 Å². The fourth-order valence-electron chi connectivity index (χ4n) is 3.04. The van der Waals surface area contributed by atoms with Gasteiger partial charge in [0, 0.05) is 25.7 Å². The number of amides is 2. The monoisotopic (exact) mass is 339 g/mol. The minimum Gasteiger partial charge on any atom is -0.444 e. The van der Waals surface area contributed by atoms with Crippen LogP contribution in [0.4, 0.5) is 4.79 Å². The van der Waals surface area contributed by atoms with Crippen molar-refractivity contribution < 1.29 is 14.3 Å². The lowest BCUT2D eigenvalue weighted by atomic mass is 10.0. The molecule has 0 bridgehead atoms. The molecule has 0 aromatic rings. The summed E-state index contributed by atoms with van der Waals surface area (Å²) in [7, 11) is 0. The van der Waals surface area contributed by atoms with Crippen molar-refractivity contribution in [2.45, 2.75) is 71.6 Å². The lowest BCUT2D eigenvalue weighted by Gasteiger charge is -2.29. The van der Waals surface area contributed by atoms with Crippen molar-refractivity contribution in [1.82, 2.24) is 9.80 Å². The van der Waals surface area contributed by atoms with E-state index in [1.807, 2.05) is 44.4 Å². The van der Waals surface area contributed by atoms with Gasteiger partial charge in [0.15, 0.2) is 0 Å². The molecule has 2 rings (SSSR count). The summed E-state index contributed by atoms with van der Waals surface area (Å²) >= 11 is 0. The Bertz CT molecular complexity index is 469. The Labute approximate surface area is 145 Å². The number of rotatable bonds is 5. The van der Waals surface area contributed by atoms with Crippen molar-refractivity contribution in [1.29, 1.82) is 0 Å². The molecule has 2 atom stereocenters. The summed E-state index contributed by atoms with van der Waals surface area (Å²) in [4.78, 5) is 28.5.